The van der Waals surface area contributed by atoms with E-state index in [0.717, 1.165) is 18.2 Å². The van der Waals surface area contributed by atoms with Crippen LogP contribution in [0.3, 0.4) is 0 Å². The van der Waals surface area contributed by atoms with Crippen molar-refractivity contribution in [2.75, 3.05) is 13.7 Å². The van der Waals surface area contributed by atoms with Crippen LogP contribution in [-0.4, -0.2) is 19.2 Å². The second-order valence-electron chi connectivity index (χ2n) is 7.51. The Hall–Kier alpha value is -1.02. The summed E-state index contributed by atoms with van der Waals surface area (Å²) < 4.78 is 5.52. The van der Waals surface area contributed by atoms with E-state index in [2.05, 4.69) is 51.2 Å². The minimum absolute atomic E-state index is 0.172. The molecular weight excluding hydrogens is 258 g/mol. The second-order valence-corrected chi connectivity index (χ2v) is 7.51. The molecule has 0 amide bonds. The molecule has 1 aliphatic rings. The van der Waals surface area contributed by atoms with Crippen molar-refractivity contribution < 1.29 is 4.74 Å². The van der Waals surface area contributed by atoms with Gasteiger partial charge in [-0.05, 0) is 69.6 Å². The summed E-state index contributed by atoms with van der Waals surface area (Å²) in [4.78, 5) is 0. The summed E-state index contributed by atoms with van der Waals surface area (Å²) in [5.74, 6) is 2.43. The number of rotatable bonds is 5. The first-order valence-electron chi connectivity index (χ1n) is 8.30. The van der Waals surface area contributed by atoms with Crippen LogP contribution in [0.1, 0.15) is 63.5 Å². The zero-order valence-corrected chi connectivity index (χ0v) is 14.3. The van der Waals surface area contributed by atoms with E-state index in [9.17, 15) is 0 Å². The normalized spacial score (nSPS) is 18.0. The number of nitrogens with one attached hydrogen (secondary N) is 1. The predicted octanol–water partition coefficient (Wildman–Crippen LogP) is 4.67. The molecule has 0 aromatic heterocycles. The Labute approximate surface area is 130 Å². The van der Waals surface area contributed by atoms with Crippen molar-refractivity contribution in [1.82, 2.24) is 5.32 Å². The second kappa shape index (κ2) is 6.83. The minimum Gasteiger partial charge on any atom is -0.496 e. The Kier molecular flexibility index (Phi) is 5.32. The number of methoxy groups -OCH3 is 1. The first-order chi connectivity index (χ1) is 9.90. The Balaban J connectivity index is 2.21. The van der Waals surface area contributed by atoms with Crippen molar-refractivity contribution in [2.24, 2.45) is 5.92 Å². The fourth-order valence-corrected chi connectivity index (χ4v) is 3.40. The Morgan fingerprint density at radius 1 is 1.24 bits per heavy atom. The molecule has 0 radical (unpaired) electrons. The van der Waals surface area contributed by atoms with Gasteiger partial charge in [-0.3, -0.25) is 0 Å². The lowest BCUT2D eigenvalue weighted by atomic mass is 9.84. The van der Waals surface area contributed by atoms with Crippen LogP contribution in [0.4, 0.5) is 0 Å². The summed E-state index contributed by atoms with van der Waals surface area (Å²) in [5.41, 5.74) is 2.82. The fraction of sp³-hybridized carbons (Fsp3) is 0.684. The molecule has 118 valence electrons. The van der Waals surface area contributed by atoms with Crippen LogP contribution in [0.2, 0.25) is 0 Å². The van der Waals surface area contributed by atoms with Crippen molar-refractivity contribution >= 4 is 0 Å². The van der Waals surface area contributed by atoms with E-state index >= 15 is 0 Å². The van der Waals surface area contributed by atoms with Crippen LogP contribution in [0, 0.1) is 12.8 Å². The average Bonchev–Trinajstić information content (AvgIpc) is 2.93. The van der Waals surface area contributed by atoms with Gasteiger partial charge in [-0.25, -0.2) is 0 Å². The lowest BCUT2D eigenvalue weighted by Gasteiger charge is -2.29. The number of hydrogen-bond donors (Lipinski definition) is 1. The van der Waals surface area contributed by atoms with E-state index in [1.807, 2.05) is 0 Å². The average molecular weight is 289 g/mol. The maximum absolute atomic E-state index is 5.52. The lowest BCUT2D eigenvalue weighted by molar-refractivity contribution is 0.349. The van der Waals surface area contributed by atoms with Gasteiger partial charge in [0, 0.05) is 12.1 Å². The molecule has 0 aliphatic heterocycles. The number of ether oxygens (including phenoxy) is 1. The third-order valence-electron chi connectivity index (χ3n) is 4.68. The highest BCUT2D eigenvalue weighted by molar-refractivity contribution is 5.38. The summed E-state index contributed by atoms with van der Waals surface area (Å²) in [5, 5.41) is 3.71. The topological polar surface area (TPSA) is 21.3 Å². The summed E-state index contributed by atoms with van der Waals surface area (Å²) in [6.07, 6.45) is 5.51. The molecular formula is C19H31NO. The largest absolute Gasteiger partial charge is 0.496 e. The molecule has 1 saturated carbocycles. The van der Waals surface area contributed by atoms with Crippen molar-refractivity contribution in [3.05, 3.63) is 29.3 Å². The van der Waals surface area contributed by atoms with Gasteiger partial charge < -0.3 is 10.1 Å². The molecule has 1 fully saturated rings. The molecule has 1 aliphatic carbocycles. The van der Waals surface area contributed by atoms with Crippen molar-refractivity contribution in [1.29, 1.82) is 0 Å². The molecule has 0 saturated heterocycles. The molecule has 1 unspecified atom stereocenters. The predicted molar refractivity (Wildman–Crippen MR) is 90.2 cm³/mol. The monoisotopic (exact) mass is 289 g/mol. The van der Waals surface area contributed by atoms with Crippen molar-refractivity contribution in [3.63, 3.8) is 0 Å². The van der Waals surface area contributed by atoms with Gasteiger partial charge in [0.2, 0.25) is 0 Å². The van der Waals surface area contributed by atoms with Gasteiger partial charge in [0.1, 0.15) is 5.75 Å². The third kappa shape index (κ3) is 4.47. The smallest absolute Gasteiger partial charge is 0.122 e. The van der Waals surface area contributed by atoms with E-state index in [4.69, 9.17) is 4.74 Å². The fourth-order valence-electron chi connectivity index (χ4n) is 3.40. The molecule has 1 atom stereocenters. The molecule has 2 rings (SSSR count). The van der Waals surface area contributed by atoms with Crippen LogP contribution in [0.25, 0.3) is 0 Å². The van der Waals surface area contributed by atoms with Crippen molar-refractivity contribution in [3.8, 4) is 5.75 Å². The molecule has 2 heteroatoms. The van der Waals surface area contributed by atoms with E-state index in [1.54, 1.807) is 7.11 Å². The number of aryl methyl sites for hydroxylation is 1. The maximum Gasteiger partial charge on any atom is 0.122 e. The SMILES string of the molecule is COc1cc(C(CNC(C)(C)C)C2CCCC2)ccc1C. The summed E-state index contributed by atoms with van der Waals surface area (Å²) >= 11 is 0. The molecule has 1 aromatic rings. The summed E-state index contributed by atoms with van der Waals surface area (Å²) in [6.45, 7) is 9.90. The number of benzene rings is 1. The first-order valence-corrected chi connectivity index (χ1v) is 8.30. The minimum atomic E-state index is 0.172. The van der Waals surface area contributed by atoms with Gasteiger partial charge in [-0.15, -0.1) is 0 Å². The van der Waals surface area contributed by atoms with Crippen molar-refractivity contribution in [2.45, 2.75) is 64.8 Å². The summed E-state index contributed by atoms with van der Waals surface area (Å²) in [7, 11) is 1.77. The highest BCUT2D eigenvalue weighted by Crippen LogP contribution is 2.38. The Morgan fingerprint density at radius 3 is 2.48 bits per heavy atom. The molecule has 0 spiro atoms. The highest BCUT2D eigenvalue weighted by atomic mass is 16.5. The van der Waals surface area contributed by atoms with Gasteiger partial charge in [-0.2, -0.15) is 0 Å². The highest BCUT2D eigenvalue weighted by Gasteiger charge is 2.27. The zero-order chi connectivity index (χ0) is 15.5. The first kappa shape index (κ1) is 16.4. The summed E-state index contributed by atoms with van der Waals surface area (Å²) in [6, 6.07) is 6.75. The standard InChI is InChI=1S/C19H31NO/c1-14-10-11-16(12-18(14)21-5)17(13-20-19(2,3)4)15-8-6-7-9-15/h10-12,15,17,20H,6-9,13H2,1-5H3. The van der Waals surface area contributed by atoms with Crippen LogP contribution < -0.4 is 10.1 Å². The van der Waals surface area contributed by atoms with Gasteiger partial charge in [-0.1, -0.05) is 25.0 Å². The molecule has 1 aromatic carbocycles. The maximum atomic E-state index is 5.52. The molecule has 0 heterocycles. The van der Waals surface area contributed by atoms with Crippen LogP contribution >= 0.6 is 0 Å². The van der Waals surface area contributed by atoms with Crippen LogP contribution in [0.15, 0.2) is 18.2 Å². The van der Waals surface area contributed by atoms with Gasteiger partial charge in [0.15, 0.2) is 0 Å². The van der Waals surface area contributed by atoms with E-state index in [1.165, 1.54) is 36.8 Å². The Morgan fingerprint density at radius 2 is 1.90 bits per heavy atom. The van der Waals surface area contributed by atoms with E-state index in [-0.39, 0.29) is 5.54 Å². The molecule has 21 heavy (non-hydrogen) atoms. The van der Waals surface area contributed by atoms with E-state index < -0.39 is 0 Å². The zero-order valence-electron chi connectivity index (χ0n) is 14.3. The number of hydrogen-bond acceptors (Lipinski definition) is 2. The van der Waals surface area contributed by atoms with Gasteiger partial charge in [0.25, 0.3) is 0 Å². The van der Waals surface area contributed by atoms with Crippen LogP contribution in [0.5, 0.6) is 5.75 Å². The molecule has 2 nitrogen and oxygen atoms in total. The van der Waals surface area contributed by atoms with Crippen LogP contribution in [-0.2, 0) is 0 Å². The van der Waals surface area contributed by atoms with Gasteiger partial charge >= 0.3 is 0 Å². The molecule has 0 bridgehead atoms. The lowest BCUT2D eigenvalue weighted by Crippen LogP contribution is -2.39. The Bertz CT molecular complexity index is 455. The van der Waals surface area contributed by atoms with E-state index in [0.29, 0.717) is 5.92 Å². The third-order valence-corrected chi connectivity index (χ3v) is 4.68. The van der Waals surface area contributed by atoms with Gasteiger partial charge in [0.05, 0.1) is 7.11 Å². The molecule has 1 N–H and O–H groups in total. The quantitative estimate of drug-likeness (QED) is 0.851.